The lowest BCUT2D eigenvalue weighted by molar-refractivity contribution is -0.182. The van der Waals surface area contributed by atoms with E-state index in [1.807, 2.05) is 61.5 Å². The predicted molar refractivity (Wildman–Crippen MR) is 173 cm³/mol. The average molecular weight is 603 g/mol. The summed E-state index contributed by atoms with van der Waals surface area (Å²) < 4.78 is 6.87. The quantitative estimate of drug-likeness (QED) is 0.134. The number of allylic oxidation sites excluding steroid dienone is 8. The molecular weight excluding hydrogens is 552 g/mol. The van der Waals surface area contributed by atoms with Crippen LogP contribution in [0.2, 0.25) is 0 Å². The van der Waals surface area contributed by atoms with E-state index in [4.69, 9.17) is 4.74 Å². The topological polar surface area (TPSA) is 101 Å². The van der Waals surface area contributed by atoms with E-state index in [0.717, 1.165) is 11.1 Å². The van der Waals surface area contributed by atoms with Gasteiger partial charge in [-0.25, -0.2) is 0 Å². The maximum atomic E-state index is 15.4. The van der Waals surface area contributed by atoms with Crippen molar-refractivity contribution in [3.05, 3.63) is 70.0 Å². The highest BCUT2D eigenvalue weighted by Gasteiger charge is 2.76. The molecule has 1 heterocycles. The molecule has 0 amide bonds. The Morgan fingerprint density at radius 1 is 0.841 bits per heavy atom. The number of carbonyl (C=O) groups is 3. The van der Waals surface area contributed by atoms with Crippen molar-refractivity contribution in [3.8, 4) is 11.5 Å². The van der Waals surface area contributed by atoms with Crippen molar-refractivity contribution in [1.82, 2.24) is 0 Å². The van der Waals surface area contributed by atoms with Crippen LogP contribution in [0.3, 0.4) is 0 Å². The highest BCUT2D eigenvalue weighted by molar-refractivity contribution is 6.36. The zero-order valence-corrected chi connectivity index (χ0v) is 28.2. The summed E-state index contributed by atoms with van der Waals surface area (Å²) in [4.78, 5) is 45.5. The van der Waals surface area contributed by atoms with Gasteiger partial charge in [0.15, 0.2) is 34.3 Å². The van der Waals surface area contributed by atoms with Crippen molar-refractivity contribution in [2.45, 2.75) is 107 Å². The van der Waals surface area contributed by atoms with Crippen LogP contribution in [0.25, 0.3) is 0 Å². The maximum absolute atomic E-state index is 15.4. The minimum absolute atomic E-state index is 0.0243. The van der Waals surface area contributed by atoms with Gasteiger partial charge in [0.2, 0.25) is 0 Å². The Morgan fingerprint density at radius 3 is 1.93 bits per heavy atom. The van der Waals surface area contributed by atoms with E-state index in [0.29, 0.717) is 37.0 Å². The molecule has 1 saturated carbocycles. The molecule has 2 aliphatic carbocycles. The van der Waals surface area contributed by atoms with Crippen molar-refractivity contribution in [2.75, 3.05) is 0 Å². The Morgan fingerprint density at radius 2 is 1.39 bits per heavy atom. The zero-order valence-electron chi connectivity index (χ0n) is 28.2. The fourth-order valence-electron chi connectivity index (χ4n) is 7.75. The monoisotopic (exact) mass is 602 g/mol. The number of rotatable bonds is 8. The lowest BCUT2D eigenvalue weighted by atomic mass is 9.38. The van der Waals surface area contributed by atoms with Crippen LogP contribution in [-0.2, 0) is 14.3 Å². The van der Waals surface area contributed by atoms with Crippen molar-refractivity contribution in [1.29, 1.82) is 0 Å². The number of hydrogen-bond acceptors (Lipinski definition) is 6. The molecule has 44 heavy (non-hydrogen) atoms. The van der Waals surface area contributed by atoms with Crippen LogP contribution in [0.5, 0.6) is 11.5 Å². The summed E-state index contributed by atoms with van der Waals surface area (Å²) >= 11 is 0. The van der Waals surface area contributed by atoms with Gasteiger partial charge in [0.25, 0.3) is 0 Å². The SMILES string of the molecule is CC(C)=CCC1=C2OC(C)(C)[C@H](CC=C(C)C)C[C@@]23C[C@H](CC=C(C)C)C(C)(C)[C@@](C(=O)c2ccc(O)c(O)c2)(C1=O)C3=O. The Kier molecular flexibility index (Phi) is 8.75. The maximum Gasteiger partial charge on any atom is 0.184 e. The molecule has 2 N–H and O–H groups in total. The van der Waals surface area contributed by atoms with Gasteiger partial charge in [0.05, 0.1) is 5.41 Å². The number of Topliss-reactive ketones (excluding diaryl/α,β-unsaturated/α-hetero) is 3. The van der Waals surface area contributed by atoms with E-state index in [-0.39, 0.29) is 35.4 Å². The van der Waals surface area contributed by atoms with E-state index in [2.05, 4.69) is 26.0 Å². The highest BCUT2D eigenvalue weighted by atomic mass is 16.5. The van der Waals surface area contributed by atoms with Crippen LogP contribution in [-0.4, -0.2) is 33.2 Å². The molecule has 1 saturated heterocycles. The van der Waals surface area contributed by atoms with Gasteiger partial charge in [0.1, 0.15) is 11.4 Å². The minimum Gasteiger partial charge on any atom is -0.504 e. The molecule has 238 valence electrons. The lowest BCUT2D eigenvalue weighted by Crippen LogP contribution is -2.71. The molecule has 2 fully saturated rings. The van der Waals surface area contributed by atoms with Crippen LogP contribution in [0.1, 0.15) is 112 Å². The molecule has 1 aromatic carbocycles. The second-order valence-electron chi connectivity index (χ2n) is 15.1. The largest absolute Gasteiger partial charge is 0.504 e. The Labute approximate surface area is 263 Å². The van der Waals surface area contributed by atoms with Crippen LogP contribution < -0.4 is 0 Å². The third-order valence-corrected chi connectivity index (χ3v) is 10.5. The van der Waals surface area contributed by atoms with Crippen molar-refractivity contribution < 1.29 is 29.3 Å². The van der Waals surface area contributed by atoms with Crippen molar-refractivity contribution in [3.63, 3.8) is 0 Å². The van der Waals surface area contributed by atoms with Gasteiger partial charge in [-0.05, 0) is 117 Å². The number of aromatic hydroxyl groups is 2. The molecule has 0 radical (unpaired) electrons. The summed E-state index contributed by atoms with van der Waals surface area (Å²) in [5.74, 6) is -2.16. The molecule has 2 bridgehead atoms. The average Bonchev–Trinajstić information content (AvgIpc) is 2.91. The minimum atomic E-state index is -2.03. The van der Waals surface area contributed by atoms with Gasteiger partial charge in [-0.15, -0.1) is 0 Å². The van der Waals surface area contributed by atoms with E-state index >= 15 is 9.59 Å². The number of phenolic OH excluding ortho intramolecular Hbond substituents is 2. The number of carbonyl (C=O) groups excluding carboxylic acids is 3. The second-order valence-corrected chi connectivity index (χ2v) is 15.1. The summed E-state index contributed by atoms with van der Waals surface area (Å²) in [6.45, 7) is 19.9. The third-order valence-electron chi connectivity index (χ3n) is 10.5. The Bertz CT molecular complexity index is 1500. The van der Waals surface area contributed by atoms with Crippen molar-refractivity contribution >= 4 is 17.3 Å². The third kappa shape index (κ3) is 5.18. The number of hydrogen-bond donors (Lipinski definition) is 2. The van der Waals surface area contributed by atoms with Gasteiger partial charge in [-0.3, -0.25) is 14.4 Å². The number of phenols is 2. The first-order chi connectivity index (χ1) is 20.3. The summed E-state index contributed by atoms with van der Waals surface area (Å²) in [5, 5.41) is 20.4. The first-order valence-corrected chi connectivity index (χ1v) is 15.8. The second kappa shape index (κ2) is 11.5. The van der Waals surface area contributed by atoms with Crippen LogP contribution in [0, 0.1) is 28.1 Å². The van der Waals surface area contributed by atoms with E-state index in [1.165, 1.54) is 23.8 Å². The molecule has 3 aliphatic rings. The van der Waals surface area contributed by atoms with E-state index < -0.39 is 39.2 Å². The summed E-state index contributed by atoms with van der Waals surface area (Å²) in [7, 11) is 0. The molecule has 1 spiro atoms. The van der Waals surface area contributed by atoms with Crippen LogP contribution >= 0.6 is 0 Å². The molecular formula is C38H50O6. The van der Waals surface area contributed by atoms with Crippen LogP contribution in [0.15, 0.2) is 64.5 Å². The lowest BCUT2D eigenvalue weighted by Gasteiger charge is -2.63. The summed E-state index contributed by atoms with van der Waals surface area (Å²) in [6.07, 6.45) is 8.78. The van der Waals surface area contributed by atoms with E-state index in [9.17, 15) is 15.0 Å². The van der Waals surface area contributed by atoms with Crippen LogP contribution in [0.4, 0.5) is 0 Å². The predicted octanol–water partition coefficient (Wildman–Crippen LogP) is 8.59. The number of ether oxygens (including phenoxy) is 1. The number of ketones is 3. The molecule has 6 nitrogen and oxygen atoms in total. The van der Waals surface area contributed by atoms with E-state index in [1.54, 1.807) is 0 Å². The molecule has 4 atom stereocenters. The van der Waals surface area contributed by atoms with Gasteiger partial charge >= 0.3 is 0 Å². The number of benzene rings is 1. The Balaban J connectivity index is 2.10. The van der Waals surface area contributed by atoms with Gasteiger partial charge < -0.3 is 14.9 Å². The normalized spacial score (nSPS) is 28.4. The van der Waals surface area contributed by atoms with Gasteiger partial charge in [0, 0.05) is 17.1 Å². The summed E-state index contributed by atoms with van der Waals surface area (Å²) in [5.41, 5.74) is -1.15. The molecule has 1 aliphatic heterocycles. The van der Waals surface area contributed by atoms with Gasteiger partial charge in [-0.2, -0.15) is 0 Å². The van der Waals surface area contributed by atoms with Gasteiger partial charge in [-0.1, -0.05) is 48.8 Å². The zero-order chi connectivity index (χ0) is 33.0. The fraction of sp³-hybridized carbons (Fsp3) is 0.553. The molecule has 0 unspecified atom stereocenters. The molecule has 0 aromatic heterocycles. The smallest absolute Gasteiger partial charge is 0.184 e. The first kappa shape index (κ1) is 33.5. The standard InChI is InChI=1S/C38H50O6/c1-22(2)11-15-26-20-37-21-27(16-12-23(3)4)36(9,10)44-33(37)28(17-13-24(5)6)32(42)38(34(37)43,35(26,7)8)31(41)25-14-18-29(39)30(40)19-25/h11-14,18-19,26-27,39-40H,15-17,20-21H2,1-10H3/t26-,27+,37-,38-/m0/s1. The van der Waals surface area contributed by atoms with Crippen molar-refractivity contribution in [2.24, 2.45) is 28.1 Å². The number of fused-ring (bicyclic) bond motifs is 1. The Hall–Kier alpha value is -3.41. The first-order valence-electron chi connectivity index (χ1n) is 15.8. The molecule has 1 aromatic rings. The molecule has 6 heteroatoms. The fourth-order valence-corrected chi connectivity index (χ4v) is 7.75. The highest BCUT2D eigenvalue weighted by Crippen LogP contribution is 2.69. The molecule has 4 rings (SSSR count). The summed E-state index contributed by atoms with van der Waals surface area (Å²) in [6, 6.07) is 3.79.